The third kappa shape index (κ3) is 6.03. The summed E-state index contributed by atoms with van der Waals surface area (Å²) < 4.78 is 10.3. The third-order valence-electron chi connectivity index (χ3n) is 3.06. The maximum atomic E-state index is 12.4. The minimum atomic E-state index is -0.191. The van der Waals surface area contributed by atoms with E-state index >= 15 is 0 Å². The van der Waals surface area contributed by atoms with Gasteiger partial charge >= 0.3 is 0 Å². The minimum absolute atomic E-state index is 0.138. The molecule has 0 spiro atoms. The predicted molar refractivity (Wildman–Crippen MR) is 97.3 cm³/mol. The molecule has 0 aliphatic rings. The number of ether oxygens (including phenoxy) is 2. The van der Waals surface area contributed by atoms with Crippen LogP contribution in [-0.2, 0) is 20.4 Å². The highest BCUT2D eigenvalue weighted by atomic mass is 32.2. The lowest BCUT2D eigenvalue weighted by Crippen LogP contribution is -2.24. The second-order valence-corrected chi connectivity index (χ2v) is 8.06. The van der Waals surface area contributed by atoms with E-state index in [1.165, 1.54) is 4.90 Å². The van der Waals surface area contributed by atoms with E-state index < -0.39 is 0 Å². The molecule has 3 nitrogen and oxygen atoms in total. The Morgan fingerprint density at radius 1 is 0.913 bits per heavy atom. The molecule has 0 saturated carbocycles. The van der Waals surface area contributed by atoms with Crippen LogP contribution in [0.5, 0.6) is 0 Å². The Morgan fingerprint density at radius 3 is 2.04 bits per heavy atom. The summed E-state index contributed by atoms with van der Waals surface area (Å²) in [7, 11) is 3.11. The quantitative estimate of drug-likeness (QED) is 0.509. The molecule has 5 heteroatoms. The summed E-state index contributed by atoms with van der Waals surface area (Å²) in [6, 6.07) is 18.0. The zero-order valence-corrected chi connectivity index (χ0v) is 15.0. The van der Waals surface area contributed by atoms with Crippen molar-refractivity contribution in [2.75, 3.05) is 31.9 Å². The summed E-state index contributed by atoms with van der Waals surface area (Å²) in [5, 5.41) is 0. The van der Waals surface area contributed by atoms with Crippen molar-refractivity contribution in [3.05, 3.63) is 60.2 Å². The standard InChI is InChI=1S/C18H21O3S2/c1-20-13-23(14-21-2)12-18(19)15-8-10-17(11-9-15)22-16-6-4-3-5-7-16/h3-11H,12-14H2,1-2H3/q+1. The molecule has 0 atom stereocenters. The summed E-state index contributed by atoms with van der Waals surface area (Å²) in [6.07, 6.45) is 0. The maximum Gasteiger partial charge on any atom is 0.212 e. The first kappa shape index (κ1) is 18.1. The number of methoxy groups -OCH3 is 2. The summed E-state index contributed by atoms with van der Waals surface area (Å²) in [4.78, 5) is 14.7. The van der Waals surface area contributed by atoms with Gasteiger partial charge in [-0.2, -0.15) is 0 Å². The predicted octanol–water partition coefficient (Wildman–Crippen LogP) is 3.85. The molecule has 0 bridgehead atoms. The fraction of sp³-hybridized carbons (Fsp3) is 0.278. The molecule has 0 N–H and O–H groups in total. The SMILES string of the molecule is COC[S+](COC)CC(=O)c1ccc(Sc2ccccc2)cc1. The zero-order valence-electron chi connectivity index (χ0n) is 13.4. The number of carbonyl (C=O) groups excluding carboxylic acids is 1. The number of rotatable bonds is 9. The maximum absolute atomic E-state index is 12.4. The van der Waals surface area contributed by atoms with Crippen molar-refractivity contribution < 1.29 is 14.3 Å². The number of hydrogen-bond acceptors (Lipinski definition) is 4. The zero-order chi connectivity index (χ0) is 16.5. The van der Waals surface area contributed by atoms with Crippen LogP contribution < -0.4 is 0 Å². The minimum Gasteiger partial charge on any atom is -0.339 e. The smallest absolute Gasteiger partial charge is 0.212 e. The molecule has 0 aliphatic heterocycles. The van der Waals surface area contributed by atoms with E-state index in [9.17, 15) is 4.79 Å². The Labute approximate surface area is 144 Å². The van der Waals surface area contributed by atoms with Crippen LogP contribution >= 0.6 is 11.8 Å². The first-order valence-corrected chi connectivity index (χ1v) is 9.76. The van der Waals surface area contributed by atoms with E-state index in [1.54, 1.807) is 26.0 Å². The van der Waals surface area contributed by atoms with Crippen LogP contribution in [0.4, 0.5) is 0 Å². The fourth-order valence-corrected chi connectivity index (χ4v) is 4.33. The van der Waals surface area contributed by atoms with Crippen LogP contribution in [0.1, 0.15) is 10.4 Å². The summed E-state index contributed by atoms with van der Waals surface area (Å²) in [5.74, 6) is 1.72. The fourth-order valence-electron chi connectivity index (χ4n) is 2.05. The van der Waals surface area contributed by atoms with Crippen molar-refractivity contribution in [1.29, 1.82) is 0 Å². The highest BCUT2D eigenvalue weighted by Gasteiger charge is 2.23. The highest BCUT2D eigenvalue weighted by Crippen LogP contribution is 2.27. The first-order valence-electron chi connectivity index (χ1n) is 7.21. The van der Waals surface area contributed by atoms with E-state index in [4.69, 9.17) is 9.47 Å². The summed E-state index contributed by atoms with van der Waals surface area (Å²) in [6.45, 7) is 0. The molecule has 0 saturated heterocycles. The average molecular weight is 349 g/mol. The van der Waals surface area contributed by atoms with E-state index in [2.05, 4.69) is 12.1 Å². The molecule has 0 aromatic heterocycles. The van der Waals surface area contributed by atoms with Crippen molar-refractivity contribution in [3.8, 4) is 0 Å². The summed E-state index contributed by atoms with van der Waals surface area (Å²) >= 11 is 1.69. The lowest BCUT2D eigenvalue weighted by atomic mass is 10.1. The van der Waals surface area contributed by atoms with Crippen LogP contribution in [0.15, 0.2) is 64.4 Å². The third-order valence-corrected chi connectivity index (χ3v) is 5.88. The number of hydrogen-bond donors (Lipinski definition) is 0. The molecule has 0 radical (unpaired) electrons. The Bertz CT molecular complexity index is 593. The number of ketones is 1. The van der Waals surface area contributed by atoms with Crippen molar-refractivity contribution >= 4 is 28.4 Å². The van der Waals surface area contributed by atoms with Crippen molar-refractivity contribution in [2.45, 2.75) is 9.79 Å². The molecule has 0 fully saturated rings. The van der Waals surface area contributed by atoms with Gasteiger partial charge in [-0.05, 0) is 24.3 Å². The van der Waals surface area contributed by atoms with Crippen LogP contribution in [0.2, 0.25) is 0 Å². The van der Waals surface area contributed by atoms with Crippen LogP contribution in [0.25, 0.3) is 0 Å². The Balaban J connectivity index is 1.96. The topological polar surface area (TPSA) is 35.5 Å². The van der Waals surface area contributed by atoms with Crippen LogP contribution in [0, 0.1) is 0 Å². The molecule has 23 heavy (non-hydrogen) atoms. The van der Waals surface area contributed by atoms with E-state index in [0.717, 1.165) is 10.5 Å². The molecule has 0 unspecified atom stereocenters. The van der Waals surface area contributed by atoms with E-state index in [1.807, 2.05) is 42.5 Å². The van der Waals surface area contributed by atoms with E-state index in [0.29, 0.717) is 17.6 Å². The van der Waals surface area contributed by atoms with Gasteiger partial charge in [-0.15, -0.1) is 0 Å². The van der Waals surface area contributed by atoms with Gasteiger partial charge in [0.05, 0.1) is 0 Å². The normalized spacial score (nSPS) is 10.9. The van der Waals surface area contributed by atoms with Crippen molar-refractivity contribution in [1.82, 2.24) is 0 Å². The lowest BCUT2D eigenvalue weighted by Gasteiger charge is -2.07. The first-order chi connectivity index (χ1) is 11.2. The van der Waals surface area contributed by atoms with Gasteiger partial charge in [-0.3, -0.25) is 4.79 Å². The van der Waals surface area contributed by atoms with Gasteiger partial charge in [-0.25, -0.2) is 0 Å². The summed E-state index contributed by atoms with van der Waals surface area (Å²) in [5.41, 5.74) is 0.743. The average Bonchev–Trinajstić information content (AvgIpc) is 2.57. The van der Waals surface area contributed by atoms with Gasteiger partial charge in [0, 0.05) is 40.5 Å². The Kier molecular flexibility index (Phi) is 7.68. The molecule has 0 aliphatic carbocycles. The van der Waals surface area contributed by atoms with Crippen LogP contribution in [-0.4, -0.2) is 37.6 Å². The molecule has 0 amide bonds. The van der Waals surface area contributed by atoms with Gasteiger partial charge in [0.1, 0.15) is 0 Å². The van der Waals surface area contributed by atoms with Crippen LogP contribution in [0.3, 0.4) is 0 Å². The number of Topliss-reactive ketones (excluding diaryl/α,β-unsaturated/α-hetero) is 1. The molecule has 2 aromatic carbocycles. The van der Waals surface area contributed by atoms with E-state index in [-0.39, 0.29) is 16.7 Å². The molecular formula is C18H21O3S2+. The molecular weight excluding hydrogens is 328 g/mol. The molecule has 2 rings (SSSR count). The lowest BCUT2D eigenvalue weighted by molar-refractivity contribution is 0.102. The highest BCUT2D eigenvalue weighted by molar-refractivity contribution is 7.99. The van der Waals surface area contributed by atoms with Gasteiger partial charge in [0.2, 0.25) is 17.7 Å². The van der Waals surface area contributed by atoms with Crippen molar-refractivity contribution in [2.24, 2.45) is 0 Å². The monoisotopic (exact) mass is 349 g/mol. The second kappa shape index (κ2) is 9.78. The largest absolute Gasteiger partial charge is 0.339 e. The number of benzene rings is 2. The van der Waals surface area contributed by atoms with Gasteiger partial charge < -0.3 is 9.47 Å². The second-order valence-electron chi connectivity index (χ2n) is 4.93. The van der Waals surface area contributed by atoms with Gasteiger partial charge in [0.15, 0.2) is 5.75 Å². The molecule has 2 aromatic rings. The molecule has 122 valence electrons. The van der Waals surface area contributed by atoms with Crippen molar-refractivity contribution in [3.63, 3.8) is 0 Å². The molecule has 0 heterocycles. The Morgan fingerprint density at radius 2 is 1.48 bits per heavy atom. The van der Waals surface area contributed by atoms with Gasteiger partial charge in [-0.1, -0.05) is 42.1 Å². The van der Waals surface area contributed by atoms with Gasteiger partial charge in [0.25, 0.3) is 0 Å². The Hall–Kier alpha value is -1.27. The number of carbonyl (C=O) groups is 1.